The fourth-order valence-corrected chi connectivity index (χ4v) is 4.22. The molecule has 0 saturated carbocycles. The normalized spacial score (nSPS) is 13.6. The molecule has 1 N–H and O–H groups in total. The summed E-state index contributed by atoms with van der Waals surface area (Å²) >= 11 is 3.30. The fraction of sp³-hybridized carbons (Fsp3) is 0.417. The molecule has 0 amide bonds. The molecule has 0 heterocycles. The van der Waals surface area contributed by atoms with E-state index in [1.807, 2.05) is 0 Å². The lowest BCUT2D eigenvalue weighted by Crippen LogP contribution is -2.40. The Kier molecular flexibility index (Phi) is 4.76. The van der Waals surface area contributed by atoms with E-state index in [9.17, 15) is 13.2 Å². The number of carbonyl (C=O) groups is 1. The van der Waals surface area contributed by atoms with E-state index in [-0.39, 0.29) is 4.90 Å². The monoisotopic (exact) mass is 349 g/mol. The fourth-order valence-electron chi connectivity index (χ4n) is 1.81. The van der Waals surface area contributed by atoms with Crippen LogP contribution in [0.5, 0.6) is 0 Å². The van der Waals surface area contributed by atoms with Gasteiger partial charge in [0.1, 0.15) is 6.04 Å². The van der Waals surface area contributed by atoms with Gasteiger partial charge in [0.25, 0.3) is 0 Å². The molecule has 1 aromatic rings. The van der Waals surface area contributed by atoms with Crippen molar-refractivity contribution in [3.8, 4) is 0 Å². The van der Waals surface area contributed by atoms with Crippen LogP contribution in [0.1, 0.15) is 18.1 Å². The number of aliphatic carboxylic acids is 1. The first-order valence-corrected chi connectivity index (χ1v) is 7.80. The molecule has 1 unspecified atom stereocenters. The van der Waals surface area contributed by atoms with Crippen LogP contribution in [0.25, 0.3) is 0 Å². The van der Waals surface area contributed by atoms with Crippen molar-refractivity contribution in [1.29, 1.82) is 0 Å². The van der Waals surface area contributed by atoms with Crippen molar-refractivity contribution in [1.82, 2.24) is 4.31 Å². The van der Waals surface area contributed by atoms with E-state index >= 15 is 0 Å². The zero-order chi connectivity index (χ0) is 15.0. The molecule has 0 aliphatic rings. The highest BCUT2D eigenvalue weighted by Gasteiger charge is 2.31. The number of hydrogen-bond donors (Lipinski definition) is 1. The highest BCUT2D eigenvalue weighted by molar-refractivity contribution is 9.10. The van der Waals surface area contributed by atoms with Crippen LogP contribution in [0.4, 0.5) is 0 Å². The van der Waals surface area contributed by atoms with E-state index in [4.69, 9.17) is 5.11 Å². The van der Waals surface area contributed by atoms with Gasteiger partial charge in [-0.15, -0.1) is 0 Å². The Morgan fingerprint density at radius 2 is 1.74 bits per heavy atom. The number of sulfonamides is 1. The van der Waals surface area contributed by atoms with Crippen LogP contribution >= 0.6 is 15.9 Å². The van der Waals surface area contributed by atoms with E-state index in [1.54, 1.807) is 26.0 Å². The van der Waals surface area contributed by atoms with Gasteiger partial charge in [0.2, 0.25) is 10.0 Å². The van der Waals surface area contributed by atoms with E-state index in [1.165, 1.54) is 14.0 Å². The zero-order valence-electron chi connectivity index (χ0n) is 11.1. The second-order valence-electron chi connectivity index (χ2n) is 4.40. The summed E-state index contributed by atoms with van der Waals surface area (Å²) in [7, 11) is -2.56. The van der Waals surface area contributed by atoms with Crippen molar-refractivity contribution in [2.75, 3.05) is 7.05 Å². The molecule has 0 bridgehead atoms. The van der Waals surface area contributed by atoms with Crippen LogP contribution in [0.3, 0.4) is 0 Å². The Balaban J connectivity index is 3.40. The molecule has 0 aliphatic heterocycles. The summed E-state index contributed by atoms with van der Waals surface area (Å²) < 4.78 is 26.6. The number of aryl methyl sites for hydroxylation is 2. The summed E-state index contributed by atoms with van der Waals surface area (Å²) in [5.74, 6) is -1.18. The van der Waals surface area contributed by atoms with Gasteiger partial charge in [-0.25, -0.2) is 8.42 Å². The van der Waals surface area contributed by atoms with E-state index < -0.39 is 22.0 Å². The van der Waals surface area contributed by atoms with Crippen molar-refractivity contribution in [2.24, 2.45) is 0 Å². The predicted molar refractivity (Wildman–Crippen MR) is 75.7 cm³/mol. The minimum absolute atomic E-state index is 0.159. The van der Waals surface area contributed by atoms with Gasteiger partial charge in [0.15, 0.2) is 0 Å². The second-order valence-corrected chi connectivity index (χ2v) is 7.25. The number of nitrogens with zero attached hydrogens (tertiary/aromatic N) is 1. The number of carboxylic acids is 1. The van der Waals surface area contributed by atoms with Crippen LogP contribution in [0.15, 0.2) is 21.5 Å². The average Bonchev–Trinajstić information content (AvgIpc) is 2.24. The molecule has 7 heteroatoms. The van der Waals surface area contributed by atoms with E-state index in [0.717, 1.165) is 8.78 Å². The molecule has 5 nitrogen and oxygen atoms in total. The van der Waals surface area contributed by atoms with Gasteiger partial charge < -0.3 is 5.11 Å². The number of hydrogen-bond acceptors (Lipinski definition) is 3. The van der Waals surface area contributed by atoms with Crippen LogP contribution < -0.4 is 0 Å². The number of likely N-dealkylation sites (N-methyl/N-ethyl adjacent to an activating group) is 1. The largest absolute Gasteiger partial charge is 0.480 e. The molecule has 19 heavy (non-hydrogen) atoms. The maximum atomic E-state index is 12.5. The number of benzene rings is 1. The smallest absolute Gasteiger partial charge is 0.321 e. The lowest BCUT2D eigenvalue weighted by atomic mass is 10.2. The van der Waals surface area contributed by atoms with Gasteiger partial charge in [-0.3, -0.25) is 4.79 Å². The maximum Gasteiger partial charge on any atom is 0.321 e. The third-order valence-electron chi connectivity index (χ3n) is 2.96. The van der Waals surface area contributed by atoms with Gasteiger partial charge >= 0.3 is 5.97 Å². The van der Waals surface area contributed by atoms with Crippen molar-refractivity contribution in [2.45, 2.75) is 31.7 Å². The van der Waals surface area contributed by atoms with Gasteiger partial charge in [-0.2, -0.15) is 4.31 Å². The molecule has 1 aromatic carbocycles. The summed E-state index contributed by atoms with van der Waals surface area (Å²) in [6, 6.07) is 2.27. The standard InChI is InChI=1S/C12H16BrNO4S/c1-7-5-10(13)6-8(2)11(7)19(17,18)14(4)9(3)12(15)16/h5-6,9H,1-4H3,(H,15,16). The van der Waals surface area contributed by atoms with Crippen molar-refractivity contribution >= 4 is 31.9 Å². The Hall–Kier alpha value is -0.920. The first-order valence-electron chi connectivity index (χ1n) is 5.56. The zero-order valence-corrected chi connectivity index (χ0v) is 13.5. The molecule has 1 rings (SSSR count). The number of rotatable bonds is 4. The van der Waals surface area contributed by atoms with Crippen molar-refractivity contribution < 1.29 is 18.3 Å². The summed E-state index contributed by atoms with van der Waals surface area (Å²) in [5, 5.41) is 8.93. The molecule has 106 valence electrons. The van der Waals surface area contributed by atoms with E-state index in [2.05, 4.69) is 15.9 Å². The van der Waals surface area contributed by atoms with Gasteiger partial charge in [0, 0.05) is 11.5 Å². The molecule has 0 radical (unpaired) electrons. The van der Waals surface area contributed by atoms with Crippen LogP contribution in [0.2, 0.25) is 0 Å². The number of halogens is 1. The van der Waals surface area contributed by atoms with Crippen LogP contribution in [-0.4, -0.2) is 36.9 Å². The molecule has 1 atom stereocenters. The maximum absolute atomic E-state index is 12.5. The molecule has 0 fully saturated rings. The van der Waals surface area contributed by atoms with E-state index in [0.29, 0.717) is 11.1 Å². The summed E-state index contributed by atoms with van der Waals surface area (Å²) in [6.45, 7) is 4.71. The second kappa shape index (κ2) is 5.60. The first kappa shape index (κ1) is 16.1. The SMILES string of the molecule is Cc1cc(Br)cc(C)c1S(=O)(=O)N(C)C(C)C(=O)O. The van der Waals surface area contributed by atoms with Gasteiger partial charge in [0.05, 0.1) is 4.90 Å². The van der Waals surface area contributed by atoms with Gasteiger partial charge in [-0.05, 0) is 44.0 Å². The molecular weight excluding hydrogens is 334 g/mol. The van der Waals surface area contributed by atoms with Gasteiger partial charge in [-0.1, -0.05) is 15.9 Å². The molecule has 0 aromatic heterocycles. The van der Waals surface area contributed by atoms with Crippen molar-refractivity contribution in [3.63, 3.8) is 0 Å². The summed E-state index contributed by atoms with van der Waals surface area (Å²) in [4.78, 5) is 11.1. The Bertz CT molecular complexity index is 589. The lowest BCUT2D eigenvalue weighted by molar-refractivity contribution is -0.140. The van der Waals surface area contributed by atoms with Crippen LogP contribution in [0, 0.1) is 13.8 Å². The summed E-state index contributed by atoms with van der Waals surface area (Å²) in [6.07, 6.45) is 0. The Labute approximate surface area is 121 Å². The third-order valence-corrected chi connectivity index (χ3v) is 5.66. The summed E-state index contributed by atoms with van der Waals surface area (Å²) in [5.41, 5.74) is 1.16. The minimum Gasteiger partial charge on any atom is -0.480 e. The lowest BCUT2D eigenvalue weighted by Gasteiger charge is -2.23. The topological polar surface area (TPSA) is 74.7 Å². The van der Waals surface area contributed by atoms with Crippen molar-refractivity contribution in [3.05, 3.63) is 27.7 Å². The van der Waals surface area contributed by atoms with Crippen LogP contribution in [-0.2, 0) is 14.8 Å². The quantitative estimate of drug-likeness (QED) is 0.903. The molecule has 0 aliphatic carbocycles. The highest BCUT2D eigenvalue weighted by Crippen LogP contribution is 2.27. The highest BCUT2D eigenvalue weighted by atomic mass is 79.9. The first-order chi connectivity index (χ1) is 8.59. The number of carboxylic acid groups (broad SMARTS) is 1. The average molecular weight is 350 g/mol. The molecular formula is C12H16BrNO4S. The third kappa shape index (κ3) is 3.16. The Morgan fingerprint density at radius 3 is 2.11 bits per heavy atom. The molecule has 0 saturated heterocycles. The Morgan fingerprint density at radius 1 is 1.32 bits per heavy atom. The predicted octanol–water partition coefficient (Wildman–Crippen LogP) is 2.16. The molecule has 0 spiro atoms. The minimum atomic E-state index is -3.83.